The van der Waals surface area contributed by atoms with Gasteiger partial charge in [0, 0.05) is 6.54 Å². The fraction of sp³-hybridized carbons (Fsp3) is 0.462. The van der Waals surface area contributed by atoms with E-state index in [0.717, 1.165) is 6.42 Å². The molecule has 0 fully saturated rings. The van der Waals surface area contributed by atoms with E-state index in [-0.39, 0.29) is 12.2 Å². The number of nitrogens with one attached hydrogen (secondary N) is 1. The Morgan fingerprint density at radius 3 is 2.81 bits per heavy atom. The van der Waals surface area contributed by atoms with Crippen LogP contribution in [-0.2, 0) is 11.2 Å². The summed E-state index contributed by atoms with van der Waals surface area (Å²) in [6.07, 6.45) is 0.413. The summed E-state index contributed by atoms with van der Waals surface area (Å²) in [5, 5.41) is 2.72. The second kappa shape index (κ2) is 6.16. The van der Waals surface area contributed by atoms with Crippen molar-refractivity contribution in [2.45, 2.75) is 33.3 Å². The molecule has 1 rings (SSSR count). The molecule has 3 nitrogen and oxygen atoms in total. The van der Waals surface area contributed by atoms with E-state index in [1.54, 1.807) is 0 Å². The fourth-order valence-electron chi connectivity index (χ4n) is 1.43. The van der Waals surface area contributed by atoms with Crippen LogP contribution in [0.4, 0.5) is 4.79 Å². The average molecular weight is 221 g/mol. The van der Waals surface area contributed by atoms with Gasteiger partial charge in [0.05, 0.1) is 6.10 Å². The molecule has 0 aliphatic rings. The van der Waals surface area contributed by atoms with Crippen LogP contribution in [0.2, 0.25) is 0 Å². The van der Waals surface area contributed by atoms with Crippen molar-refractivity contribution < 1.29 is 9.53 Å². The number of hydrogen-bond acceptors (Lipinski definition) is 2. The minimum atomic E-state index is -0.345. The molecule has 1 aromatic rings. The summed E-state index contributed by atoms with van der Waals surface area (Å²) >= 11 is 0. The molecule has 0 aromatic heterocycles. The van der Waals surface area contributed by atoms with Gasteiger partial charge in [0.25, 0.3) is 0 Å². The number of carbonyl (C=O) groups excluding carboxylic acids is 1. The molecule has 0 bridgehead atoms. The summed E-state index contributed by atoms with van der Waals surface area (Å²) in [5.74, 6) is 0. The highest BCUT2D eigenvalue weighted by Crippen LogP contribution is 2.03. The Hall–Kier alpha value is -1.51. The molecule has 0 aliphatic carbocycles. The van der Waals surface area contributed by atoms with Crippen LogP contribution < -0.4 is 5.32 Å². The topological polar surface area (TPSA) is 38.3 Å². The monoisotopic (exact) mass is 221 g/mol. The number of ether oxygens (including phenoxy) is 1. The predicted octanol–water partition coefficient (Wildman–Crippen LogP) is 2.67. The van der Waals surface area contributed by atoms with E-state index in [1.165, 1.54) is 11.1 Å². The maximum atomic E-state index is 11.2. The summed E-state index contributed by atoms with van der Waals surface area (Å²) in [6.45, 7) is 6.33. The second-order valence-corrected chi connectivity index (χ2v) is 4.12. The lowest BCUT2D eigenvalue weighted by Crippen LogP contribution is -2.28. The van der Waals surface area contributed by atoms with Gasteiger partial charge in [-0.15, -0.1) is 0 Å². The van der Waals surface area contributed by atoms with Crippen LogP contribution in [0.3, 0.4) is 0 Å². The number of rotatable bonds is 4. The maximum absolute atomic E-state index is 11.2. The average Bonchev–Trinajstić information content (AvgIpc) is 2.16. The molecule has 3 heteroatoms. The first-order valence-electron chi connectivity index (χ1n) is 5.58. The van der Waals surface area contributed by atoms with E-state index in [4.69, 9.17) is 4.74 Å². The molecular formula is C13H19NO2. The first-order chi connectivity index (χ1) is 7.58. The highest BCUT2D eigenvalue weighted by Gasteiger charge is 2.03. The first-order valence-corrected chi connectivity index (χ1v) is 5.58. The SMILES string of the molecule is Cc1cccc(CCNC(=O)OC(C)C)c1. The van der Waals surface area contributed by atoms with Gasteiger partial charge >= 0.3 is 6.09 Å². The summed E-state index contributed by atoms with van der Waals surface area (Å²) in [4.78, 5) is 11.2. The number of hydrogen-bond donors (Lipinski definition) is 1. The van der Waals surface area contributed by atoms with Crippen LogP contribution in [0.15, 0.2) is 24.3 Å². The molecule has 0 heterocycles. The van der Waals surface area contributed by atoms with Crippen molar-refractivity contribution in [2.75, 3.05) is 6.54 Å². The first kappa shape index (κ1) is 12.6. The van der Waals surface area contributed by atoms with Gasteiger partial charge in [-0.3, -0.25) is 0 Å². The van der Waals surface area contributed by atoms with Crippen LogP contribution in [-0.4, -0.2) is 18.7 Å². The van der Waals surface area contributed by atoms with Gasteiger partial charge in [0.2, 0.25) is 0 Å². The number of aryl methyl sites for hydroxylation is 1. The maximum Gasteiger partial charge on any atom is 0.407 e. The minimum absolute atomic E-state index is 0.0704. The number of carbonyl (C=O) groups is 1. The lowest BCUT2D eigenvalue weighted by molar-refractivity contribution is 0.116. The molecule has 1 aromatic carbocycles. The highest BCUT2D eigenvalue weighted by atomic mass is 16.6. The summed E-state index contributed by atoms with van der Waals surface area (Å²) in [6, 6.07) is 8.26. The van der Waals surface area contributed by atoms with Crippen molar-refractivity contribution >= 4 is 6.09 Å². The Kier molecular flexibility index (Phi) is 4.83. The molecule has 0 atom stereocenters. The van der Waals surface area contributed by atoms with E-state index in [9.17, 15) is 4.79 Å². The quantitative estimate of drug-likeness (QED) is 0.848. The van der Waals surface area contributed by atoms with Crippen LogP contribution in [0.1, 0.15) is 25.0 Å². The van der Waals surface area contributed by atoms with E-state index >= 15 is 0 Å². The van der Waals surface area contributed by atoms with Gasteiger partial charge in [-0.2, -0.15) is 0 Å². The molecule has 0 saturated carbocycles. The van der Waals surface area contributed by atoms with Gasteiger partial charge in [-0.1, -0.05) is 29.8 Å². The molecule has 1 N–H and O–H groups in total. The van der Waals surface area contributed by atoms with Gasteiger partial charge in [0.15, 0.2) is 0 Å². The van der Waals surface area contributed by atoms with Gasteiger partial charge < -0.3 is 10.1 Å². The van der Waals surface area contributed by atoms with Crippen LogP contribution in [0, 0.1) is 6.92 Å². The third kappa shape index (κ3) is 4.82. The van der Waals surface area contributed by atoms with Crippen molar-refractivity contribution in [1.29, 1.82) is 0 Å². The highest BCUT2D eigenvalue weighted by molar-refractivity contribution is 5.67. The summed E-state index contributed by atoms with van der Waals surface area (Å²) in [5.41, 5.74) is 2.46. The van der Waals surface area contributed by atoms with Crippen molar-refractivity contribution in [3.63, 3.8) is 0 Å². The summed E-state index contributed by atoms with van der Waals surface area (Å²) < 4.78 is 4.96. The van der Waals surface area contributed by atoms with Crippen molar-refractivity contribution in [1.82, 2.24) is 5.32 Å². The molecule has 0 spiro atoms. The molecule has 0 saturated heterocycles. The standard InChI is InChI=1S/C13H19NO2/c1-10(2)16-13(15)14-8-7-12-6-4-5-11(3)9-12/h4-6,9-10H,7-8H2,1-3H3,(H,14,15). The fourth-order valence-corrected chi connectivity index (χ4v) is 1.43. The van der Waals surface area contributed by atoms with Crippen molar-refractivity contribution in [2.24, 2.45) is 0 Å². The van der Waals surface area contributed by atoms with E-state index in [2.05, 4.69) is 30.4 Å². The molecular weight excluding hydrogens is 202 g/mol. The Bertz CT molecular complexity index is 348. The Labute approximate surface area is 96.8 Å². The molecule has 1 amide bonds. The Morgan fingerprint density at radius 1 is 1.44 bits per heavy atom. The van der Waals surface area contributed by atoms with Crippen LogP contribution in [0.5, 0.6) is 0 Å². The Balaban J connectivity index is 2.28. The number of alkyl carbamates (subject to hydrolysis) is 1. The lowest BCUT2D eigenvalue weighted by Gasteiger charge is -2.09. The number of benzene rings is 1. The Morgan fingerprint density at radius 2 is 2.19 bits per heavy atom. The van der Waals surface area contributed by atoms with E-state index in [1.807, 2.05) is 19.9 Å². The lowest BCUT2D eigenvalue weighted by atomic mass is 10.1. The van der Waals surface area contributed by atoms with Crippen LogP contribution in [0.25, 0.3) is 0 Å². The van der Waals surface area contributed by atoms with Crippen molar-refractivity contribution in [3.8, 4) is 0 Å². The molecule has 0 aliphatic heterocycles. The largest absolute Gasteiger partial charge is 0.447 e. The third-order valence-electron chi connectivity index (χ3n) is 2.11. The smallest absolute Gasteiger partial charge is 0.407 e. The zero-order valence-corrected chi connectivity index (χ0v) is 10.1. The summed E-state index contributed by atoms with van der Waals surface area (Å²) in [7, 11) is 0. The van der Waals surface area contributed by atoms with E-state index < -0.39 is 0 Å². The molecule has 16 heavy (non-hydrogen) atoms. The van der Waals surface area contributed by atoms with Crippen molar-refractivity contribution in [3.05, 3.63) is 35.4 Å². The molecule has 88 valence electrons. The predicted molar refractivity (Wildman–Crippen MR) is 64.5 cm³/mol. The zero-order valence-electron chi connectivity index (χ0n) is 10.1. The zero-order chi connectivity index (χ0) is 12.0. The third-order valence-corrected chi connectivity index (χ3v) is 2.11. The van der Waals surface area contributed by atoms with Crippen LogP contribution >= 0.6 is 0 Å². The van der Waals surface area contributed by atoms with E-state index in [0.29, 0.717) is 6.54 Å². The normalized spacial score (nSPS) is 10.2. The van der Waals surface area contributed by atoms with Gasteiger partial charge in [0.1, 0.15) is 0 Å². The molecule has 0 unspecified atom stereocenters. The van der Waals surface area contributed by atoms with Gasteiger partial charge in [-0.25, -0.2) is 4.79 Å². The number of amides is 1. The second-order valence-electron chi connectivity index (χ2n) is 4.12. The molecule has 0 radical (unpaired) electrons. The van der Waals surface area contributed by atoms with Gasteiger partial charge in [-0.05, 0) is 32.8 Å². The minimum Gasteiger partial charge on any atom is -0.447 e.